The molecule has 0 radical (unpaired) electrons. The molecule has 1 aromatic carbocycles. The zero-order chi connectivity index (χ0) is 15.0. The highest BCUT2D eigenvalue weighted by Gasteiger charge is 2.50. The standard InChI is InChI=1S/C15H14N2O4/c1-9(13(19)20)8-12-16-14(17-21-12)15(6-7-15)10-2-4-11(18)5-3-10/h2-5,18H,1,6-8H2,(H,19,20). The van der Waals surface area contributed by atoms with Crippen LogP contribution in [0.2, 0.25) is 0 Å². The molecule has 0 saturated heterocycles. The molecule has 3 rings (SSSR count). The van der Waals surface area contributed by atoms with Crippen LogP contribution in [0.15, 0.2) is 40.9 Å². The van der Waals surface area contributed by atoms with Crippen LogP contribution in [0, 0.1) is 0 Å². The molecule has 1 fully saturated rings. The lowest BCUT2D eigenvalue weighted by atomic mass is 9.95. The van der Waals surface area contributed by atoms with Crippen LogP contribution in [0.25, 0.3) is 0 Å². The molecular weight excluding hydrogens is 272 g/mol. The highest BCUT2D eigenvalue weighted by molar-refractivity contribution is 5.86. The number of rotatable bonds is 5. The Morgan fingerprint density at radius 2 is 2.00 bits per heavy atom. The second-order valence-electron chi connectivity index (χ2n) is 5.23. The van der Waals surface area contributed by atoms with E-state index in [0.717, 1.165) is 18.4 Å². The van der Waals surface area contributed by atoms with Crippen molar-refractivity contribution in [2.75, 3.05) is 0 Å². The van der Waals surface area contributed by atoms with Crippen molar-refractivity contribution in [3.8, 4) is 5.75 Å². The van der Waals surface area contributed by atoms with Crippen LogP contribution in [0.3, 0.4) is 0 Å². The van der Waals surface area contributed by atoms with Gasteiger partial charge in [0.05, 0.1) is 11.8 Å². The third-order valence-electron chi connectivity index (χ3n) is 3.73. The molecule has 1 aromatic heterocycles. The summed E-state index contributed by atoms with van der Waals surface area (Å²) in [5.74, 6) is -0.0561. The van der Waals surface area contributed by atoms with E-state index in [1.807, 2.05) is 12.1 Å². The van der Waals surface area contributed by atoms with E-state index in [2.05, 4.69) is 16.7 Å². The molecule has 108 valence electrons. The van der Waals surface area contributed by atoms with Gasteiger partial charge in [-0.05, 0) is 30.5 Å². The van der Waals surface area contributed by atoms with Crippen LogP contribution in [0.4, 0.5) is 0 Å². The fraction of sp³-hybridized carbons (Fsp3) is 0.267. The molecule has 6 heteroatoms. The van der Waals surface area contributed by atoms with E-state index in [0.29, 0.717) is 5.82 Å². The maximum atomic E-state index is 10.8. The van der Waals surface area contributed by atoms with Gasteiger partial charge >= 0.3 is 5.97 Å². The fourth-order valence-corrected chi connectivity index (χ4v) is 2.33. The van der Waals surface area contributed by atoms with E-state index < -0.39 is 5.97 Å². The SMILES string of the molecule is C=C(Cc1nc(C2(c3ccc(O)cc3)CC2)no1)C(=O)O. The summed E-state index contributed by atoms with van der Waals surface area (Å²) in [5, 5.41) is 22.1. The number of benzene rings is 1. The number of phenolic OH excluding ortho intramolecular Hbond substituents is 1. The fourth-order valence-electron chi connectivity index (χ4n) is 2.33. The van der Waals surface area contributed by atoms with Crippen LogP contribution < -0.4 is 0 Å². The number of carboxylic acid groups (broad SMARTS) is 1. The summed E-state index contributed by atoms with van der Waals surface area (Å²) in [4.78, 5) is 15.1. The van der Waals surface area contributed by atoms with E-state index in [1.54, 1.807) is 12.1 Å². The normalized spacial score (nSPS) is 15.6. The molecule has 1 saturated carbocycles. The lowest BCUT2D eigenvalue weighted by Gasteiger charge is -2.10. The molecule has 0 unspecified atom stereocenters. The Balaban J connectivity index is 1.84. The van der Waals surface area contributed by atoms with Crippen molar-refractivity contribution < 1.29 is 19.5 Å². The Morgan fingerprint density at radius 3 is 2.57 bits per heavy atom. The summed E-state index contributed by atoms with van der Waals surface area (Å²) < 4.78 is 5.12. The first kappa shape index (κ1) is 13.4. The number of nitrogens with zero attached hydrogens (tertiary/aromatic N) is 2. The van der Waals surface area contributed by atoms with E-state index in [1.165, 1.54) is 0 Å². The zero-order valence-corrected chi connectivity index (χ0v) is 11.2. The Hall–Kier alpha value is -2.63. The molecule has 1 heterocycles. The second kappa shape index (κ2) is 4.73. The number of carboxylic acids is 1. The Kier molecular flexibility index (Phi) is 3.01. The topological polar surface area (TPSA) is 96.5 Å². The highest BCUT2D eigenvalue weighted by atomic mass is 16.5. The average molecular weight is 286 g/mol. The summed E-state index contributed by atoms with van der Waals surface area (Å²) in [6.45, 7) is 3.45. The van der Waals surface area contributed by atoms with Crippen LogP contribution in [-0.2, 0) is 16.6 Å². The Morgan fingerprint density at radius 1 is 1.33 bits per heavy atom. The van der Waals surface area contributed by atoms with Gasteiger partial charge in [0.25, 0.3) is 0 Å². The molecule has 21 heavy (non-hydrogen) atoms. The number of hydrogen-bond donors (Lipinski definition) is 2. The number of phenols is 1. The summed E-state index contributed by atoms with van der Waals surface area (Å²) in [5.41, 5.74) is 0.754. The van der Waals surface area contributed by atoms with Gasteiger partial charge in [-0.25, -0.2) is 4.79 Å². The first-order valence-corrected chi connectivity index (χ1v) is 6.55. The molecule has 1 aliphatic rings. The largest absolute Gasteiger partial charge is 0.508 e. The molecule has 6 nitrogen and oxygen atoms in total. The van der Waals surface area contributed by atoms with Gasteiger partial charge in [-0.2, -0.15) is 4.98 Å². The molecule has 2 N–H and O–H groups in total. The number of aliphatic carboxylic acids is 1. The van der Waals surface area contributed by atoms with Crippen molar-refractivity contribution in [1.29, 1.82) is 0 Å². The van der Waals surface area contributed by atoms with Crippen LogP contribution in [-0.4, -0.2) is 26.3 Å². The molecule has 0 aliphatic heterocycles. The van der Waals surface area contributed by atoms with E-state index in [-0.39, 0.29) is 29.0 Å². The van der Waals surface area contributed by atoms with Gasteiger partial charge in [-0.3, -0.25) is 0 Å². The minimum absolute atomic E-state index is 0.0136. The van der Waals surface area contributed by atoms with Crippen molar-refractivity contribution in [3.05, 3.63) is 53.7 Å². The van der Waals surface area contributed by atoms with Crippen LogP contribution in [0.1, 0.15) is 30.1 Å². The van der Waals surface area contributed by atoms with Gasteiger partial charge in [-0.1, -0.05) is 23.9 Å². The maximum absolute atomic E-state index is 10.8. The van der Waals surface area contributed by atoms with Crippen LogP contribution >= 0.6 is 0 Å². The molecule has 0 spiro atoms. The Labute approximate surface area is 120 Å². The first-order valence-electron chi connectivity index (χ1n) is 6.55. The third-order valence-corrected chi connectivity index (χ3v) is 3.73. The maximum Gasteiger partial charge on any atom is 0.331 e. The minimum Gasteiger partial charge on any atom is -0.508 e. The predicted molar refractivity (Wildman–Crippen MR) is 72.9 cm³/mol. The number of aromatic nitrogens is 2. The molecular formula is C15H14N2O4. The second-order valence-corrected chi connectivity index (χ2v) is 5.23. The van der Waals surface area contributed by atoms with Crippen molar-refractivity contribution in [2.45, 2.75) is 24.7 Å². The van der Waals surface area contributed by atoms with Gasteiger partial charge in [-0.15, -0.1) is 0 Å². The van der Waals surface area contributed by atoms with Crippen molar-refractivity contribution in [3.63, 3.8) is 0 Å². The quantitative estimate of drug-likeness (QED) is 0.816. The summed E-state index contributed by atoms with van der Waals surface area (Å²) in [6.07, 6.45) is 1.83. The van der Waals surface area contributed by atoms with Gasteiger partial charge < -0.3 is 14.7 Å². The first-order chi connectivity index (χ1) is 10.0. The lowest BCUT2D eigenvalue weighted by Crippen LogP contribution is -2.11. The Bertz CT molecular complexity index is 699. The van der Waals surface area contributed by atoms with E-state index in [9.17, 15) is 9.90 Å². The minimum atomic E-state index is -1.07. The average Bonchev–Trinajstić information content (AvgIpc) is 3.13. The monoisotopic (exact) mass is 286 g/mol. The van der Waals surface area contributed by atoms with E-state index in [4.69, 9.17) is 9.63 Å². The van der Waals surface area contributed by atoms with Gasteiger partial charge in [0.15, 0.2) is 5.82 Å². The number of aromatic hydroxyl groups is 1. The van der Waals surface area contributed by atoms with E-state index >= 15 is 0 Å². The highest BCUT2D eigenvalue weighted by Crippen LogP contribution is 2.52. The summed E-state index contributed by atoms with van der Waals surface area (Å²) >= 11 is 0. The zero-order valence-electron chi connectivity index (χ0n) is 11.2. The van der Waals surface area contributed by atoms with Crippen molar-refractivity contribution >= 4 is 5.97 Å². The predicted octanol–water partition coefficient (Wildman–Crippen LogP) is 2.04. The smallest absolute Gasteiger partial charge is 0.331 e. The van der Waals surface area contributed by atoms with Crippen molar-refractivity contribution in [1.82, 2.24) is 10.1 Å². The third kappa shape index (κ3) is 2.40. The van der Waals surface area contributed by atoms with Gasteiger partial charge in [0.2, 0.25) is 5.89 Å². The summed E-state index contributed by atoms with van der Waals surface area (Å²) in [6, 6.07) is 6.94. The number of carbonyl (C=O) groups is 1. The summed E-state index contributed by atoms with van der Waals surface area (Å²) in [7, 11) is 0. The molecule has 1 aliphatic carbocycles. The van der Waals surface area contributed by atoms with Gasteiger partial charge in [0, 0.05) is 5.57 Å². The molecule has 0 atom stereocenters. The van der Waals surface area contributed by atoms with Gasteiger partial charge in [0.1, 0.15) is 5.75 Å². The molecule has 0 bridgehead atoms. The van der Waals surface area contributed by atoms with Crippen molar-refractivity contribution in [2.24, 2.45) is 0 Å². The van der Waals surface area contributed by atoms with Crippen LogP contribution in [0.5, 0.6) is 5.75 Å². The molecule has 2 aromatic rings. The lowest BCUT2D eigenvalue weighted by molar-refractivity contribution is -0.132. The number of hydrogen-bond acceptors (Lipinski definition) is 5. The molecule has 0 amide bonds.